The Hall–Kier alpha value is -1.86. The van der Waals surface area contributed by atoms with E-state index in [4.69, 9.17) is 17.2 Å². The summed E-state index contributed by atoms with van der Waals surface area (Å²) in [5.74, 6) is 1.04. The van der Waals surface area contributed by atoms with Gasteiger partial charge in [-0.2, -0.15) is 4.98 Å². The minimum Gasteiger partial charge on any atom is -0.281 e. The Morgan fingerprint density at radius 3 is 2.65 bits per heavy atom. The number of aromatic amines is 2. The molecule has 0 fully saturated rings. The van der Waals surface area contributed by atoms with Gasteiger partial charge in [0.15, 0.2) is 5.82 Å². The Balaban J connectivity index is 2.14. The van der Waals surface area contributed by atoms with Gasteiger partial charge in [0.05, 0.1) is 16.3 Å². The van der Waals surface area contributed by atoms with E-state index in [0.717, 1.165) is 27.1 Å². The van der Waals surface area contributed by atoms with Crippen LogP contribution in [-0.2, 0) is 0 Å². The van der Waals surface area contributed by atoms with Gasteiger partial charge in [-0.1, -0.05) is 19.9 Å². The SMILES string of the molecule is CC(C)c1nc(-c2ccccn2)sc1-c1nc(=S)[nH][nH]1. The Kier molecular flexibility index (Phi) is 3.45. The molecule has 0 aromatic carbocycles. The van der Waals surface area contributed by atoms with Crippen LogP contribution in [0.25, 0.3) is 21.4 Å². The summed E-state index contributed by atoms with van der Waals surface area (Å²) in [6.07, 6.45) is 1.77. The van der Waals surface area contributed by atoms with Crippen molar-refractivity contribution in [2.75, 3.05) is 0 Å². The molecule has 0 saturated heterocycles. The highest BCUT2D eigenvalue weighted by molar-refractivity contribution is 7.71. The summed E-state index contributed by atoms with van der Waals surface area (Å²) in [4.78, 5) is 14.4. The number of hydrogen-bond donors (Lipinski definition) is 2. The van der Waals surface area contributed by atoms with E-state index in [1.807, 2.05) is 18.2 Å². The van der Waals surface area contributed by atoms with Crippen LogP contribution in [0.5, 0.6) is 0 Å². The third-order valence-electron chi connectivity index (χ3n) is 2.80. The highest BCUT2D eigenvalue weighted by atomic mass is 32.1. The van der Waals surface area contributed by atoms with Crippen LogP contribution in [0.1, 0.15) is 25.5 Å². The van der Waals surface area contributed by atoms with E-state index < -0.39 is 0 Å². The molecule has 102 valence electrons. The number of H-pyrrole nitrogens is 2. The van der Waals surface area contributed by atoms with Crippen LogP contribution in [0.3, 0.4) is 0 Å². The molecule has 0 aliphatic heterocycles. The van der Waals surface area contributed by atoms with Gasteiger partial charge in [-0.05, 0) is 30.3 Å². The average Bonchev–Trinajstić information content (AvgIpc) is 3.05. The van der Waals surface area contributed by atoms with Crippen molar-refractivity contribution >= 4 is 23.6 Å². The molecule has 0 amide bonds. The standard InChI is InChI=1S/C13H13N5S2/c1-7(2)9-10(11-16-13(19)18-17-11)20-12(15-9)8-5-3-4-6-14-8/h3-7H,1-2H3,(H2,16,17,18,19). The molecule has 5 nitrogen and oxygen atoms in total. The fourth-order valence-electron chi connectivity index (χ4n) is 1.87. The first-order chi connectivity index (χ1) is 9.65. The quantitative estimate of drug-likeness (QED) is 0.722. The zero-order chi connectivity index (χ0) is 14.1. The van der Waals surface area contributed by atoms with Crippen LogP contribution in [0.2, 0.25) is 0 Å². The Labute approximate surface area is 125 Å². The molecule has 0 radical (unpaired) electrons. The number of nitrogens with zero attached hydrogens (tertiary/aromatic N) is 3. The van der Waals surface area contributed by atoms with E-state index >= 15 is 0 Å². The molecule has 3 rings (SSSR count). The molecule has 3 aromatic rings. The maximum Gasteiger partial charge on any atom is 0.213 e. The lowest BCUT2D eigenvalue weighted by Gasteiger charge is -2.01. The molecular weight excluding hydrogens is 290 g/mol. The van der Waals surface area contributed by atoms with Crippen molar-refractivity contribution in [2.45, 2.75) is 19.8 Å². The normalized spacial score (nSPS) is 11.2. The minimum absolute atomic E-state index is 0.303. The summed E-state index contributed by atoms with van der Waals surface area (Å²) in [5.41, 5.74) is 1.88. The number of rotatable bonds is 3. The van der Waals surface area contributed by atoms with E-state index in [2.05, 4.69) is 34.0 Å². The molecule has 0 unspecified atom stereocenters. The van der Waals surface area contributed by atoms with E-state index in [9.17, 15) is 0 Å². The summed E-state index contributed by atoms with van der Waals surface area (Å²) in [5, 5.41) is 6.71. The molecule has 3 aromatic heterocycles. The molecule has 0 atom stereocenters. The largest absolute Gasteiger partial charge is 0.281 e. The first kappa shape index (κ1) is 13.1. The molecule has 3 heterocycles. The van der Waals surface area contributed by atoms with Gasteiger partial charge < -0.3 is 0 Å². The first-order valence-corrected chi connectivity index (χ1v) is 7.45. The predicted octanol–water partition coefficient (Wildman–Crippen LogP) is 3.78. The summed E-state index contributed by atoms with van der Waals surface area (Å²) in [6.45, 7) is 4.23. The van der Waals surface area contributed by atoms with Crippen molar-refractivity contribution in [1.29, 1.82) is 0 Å². The lowest BCUT2D eigenvalue weighted by atomic mass is 10.1. The summed E-state index contributed by atoms with van der Waals surface area (Å²) < 4.78 is 0.447. The summed E-state index contributed by atoms with van der Waals surface area (Å²) in [7, 11) is 0. The van der Waals surface area contributed by atoms with E-state index in [1.54, 1.807) is 17.5 Å². The smallest absolute Gasteiger partial charge is 0.213 e. The Morgan fingerprint density at radius 2 is 2.05 bits per heavy atom. The molecule has 0 aliphatic carbocycles. The van der Waals surface area contributed by atoms with Gasteiger partial charge in [0, 0.05) is 6.20 Å². The predicted molar refractivity (Wildman–Crippen MR) is 82.2 cm³/mol. The number of nitrogens with one attached hydrogen (secondary N) is 2. The van der Waals surface area contributed by atoms with Gasteiger partial charge in [0.25, 0.3) is 0 Å². The average molecular weight is 303 g/mol. The first-order valence-electron chi connectivity index (χ1n) is 6.22. The van der Waals surface area contributed by atoms with Crippen LogP contribution in [0, 0.1) is 4.77 Å². The number of aromatic nitrogens is 5. The monoisotopic (exact) mass is 303 g/mol. The van der Waals surface area contributed by atoms with Crippen LogP contribution >= 0.6 is 23.6 Å². The number of thiazole rings is 1. The molecule has 7 heteroatoms. The maximum atomic E-state index is 5.02. The molecule has 20 heavy (non-hydrogen) atoms. The van der Waals surface area contributed by atoms with E-state index in [1.165, 1.54) is 0 Å². The van der Waals surface area contributed by atoms with Crippen molar-refractivity contribution in [1.82, 2.24) is 25.1 Å². The molecule has 2 N–H and O–H groups in total. The fourth-order valence-corrected chi connectivity index (χ4v) is 3.15. The van der Waals surface area contributed by atoms with E-state index in [-0.39, 0.29) is 0 Å². The minimum atomic E-state index is 0.303. The summed E-state index contributed by atoms with van der Waals surface area (Å²) >= 11 is 6.59. The van der Waals surface area contributed by atoms with Crippen LogP contribution in [0.4, 0.5) is 0 Å². The molecule has 0 bridgehead atoms. The van der Waals surface area contributed by atoms with Gasteiger partial charge >= 0.3 is 0 Å². The second kappa shape index (κ2) is 5.26. The molecule has 0 spiro atoms. The lowest BCUT2D eigenvalue weighted by Crippen LogP contribution is -1.92. The van der Waals surface area contributed by atoms with Crippen LogP contribution in [-0.4, -0.2) is 25.1 Å². The van der Waals surface area contributed by atoms with Crippen LogP contribution < -0.4 is 0 Å². The van der Waals surface area contributed by atoms with Gasteiger partial charge in [0.1, 0.15) is 5.01 Å². The molecule has 0 aliphatic rings. The highest BCUT2D eigenvalue weighted by Crippen LogP contribution is 2.36. The highest BCUT2D eigenvalue weighted by Gasteiger charge is 2.19. The Bertz CT molecular complexity index is 769. The maximum absolute atomic E-state index is 5.02. The topological polar surface area (TPSA) is 70.2 Å². The summed E-state index contributed by atoms with van der Waals surface area (Å²) in [6, 6.07) is 5.81. The molecular formula is C13H13N5S2. The van der Waals surface area contributed by atoms with Crippen molar-refractivity contribution in [3.8, 4) is 21.4 Å². The second-order valence-corrected chi connectivity index (χ2v) is 6.00. The zero-order valence-electron chi connectivity index (χ0n) is 11.0. The van der Waals surface area contributed by atoms with Crippen molar-refractivity contribution < 1.29 is 0 Å². The zero-order valence-corrected chi connectivity index (χ0v) is 12.7. The number of pyridine rings is 1. The van der Waals surface area contributed by atoms with Crippen LogP contribution in [0.15, 0.2) is 24.4 Å². The third-order valence-corrected chi connectivity index (χ3v) is 4.09. The van der Waals surface area contributed by atoms with Gasteiger partial charge in [-0.25, -0.2) is 4.98 Å². The fraction of sp³-hybridized carbons (Fsp3) is 0.231. The van der Waals surface area contributed by atoms with E-state index in [0.29, 0.717) is 10.7 Å². The van der Waals surface area contributed by atoms with Gasteiger partial charge in [0.2, 0.25) is 4.77 Å². The van der Waals surface area contributed by atoms with Crippen molar-refractivity contribution in [3.05, 3.63) is 34.9 Å². The third kappa shape index (κ3) is 2.41. The number of hydrogen-bond acceptors (Lipinski definition) is 5. The van der Waals surface area contributed by atoms with Crippen molar-refractivity contribution in [3.63, 3.8) is 0 Å². The molecule has 0 saturated carbocycles. The lowest BCUT2D eigenvalue weighted by molar-refractivity contribution is 0.834. The Morgan fingerprint density at radius 1 is 1.20 bits per heavy atom. The van der Waals surface area contributed by atoms with Gasteiger partial charge in [-0.3, -0.25) is 15.2 Å². The second-order valence-electron chi connectivity index (χ2n) is 4.62. The van der Waals surface area contributed by atoms with Gasteiger partial charge in [-0.15, -0.1) is 11.3 Å². The van der Waals surface area contributed by atoms with Crippen molar-refractivity contribution in [2.24, 2.45) is 0 Å².